The molecule has 1 aliphatic carbocycles. The Morgan fingerprint density at radius 3 is 2.54 bits per heavy atom. The van der Waals surface area contributed by atoms with Gasteiger partial charge in [-0.3, -0.25) is 0 Å². The van der Waals surface area contributed by atoms with Gasteiger partial charge in [-0.25, -0.2) is 0 Å². The molecule has 0 saturated carbocycles. The molecule has 1 fully saturated rings. The third kappa shape index (κ3) is 2.83. The van der Waals surface area contributed by atoms with E-state index in [1.165, 1.54) is 48.8 Å². The highest BCUT2D eigenvalue weighted by atomic mass is 15.1. The number of fused-ring (bicyclic) bond motifs is 1. The first-order chi connectivity index (χ1) is 11.8. The number of nitrogens with zero attached hydrogens (tertiary/aromatic N) is 2. The highest BCUT2D eigenvalue weighted by Gasteiger charge is 2.13. The van der Waals surface area contributed by atoms with Crippen LogP contribution in [-0.2, 0) is 0 Å². The Morgan fingerprint density at radius 1 is 0.917 bits per heavy atom. The lowest BCUT2D eigenvalue weighted by Gasteiger charge is -2.29. The van der Waals surface area contributed by atoms with E-state index < -0.39 is 0 Å². The van der Waals surface area contributed by atoms with Crippen LogP contribution < -0.4 is 4.90 Å². The number of benzene rings is 2. The maximum Gasteiger partial charge on any atom is 0.0953 e. The number of nitriles is 1. The lowest BCUT2D eigenvalue weighted by atomic mass is 9.92. The largest absolute Gasteiger partial charge is 0.372 e. The summed E-state index contributed by atoms with van der Waals surface area (Å²) in [7, 11) is 0. The van der Waals surface area contributed by atoms with Crippen molar-refractivity contribution in [2.75, 3.05) is 18.0 Å². The van der Waals surface area contributed by atoms with Crippen molar-refractivity contribution in [3.8, 4) is 6.07 Å². The second-order valence-electron chi connectivity index (χ2n) is 6.74. The Kier molecular flexibility index (Phi) is 4.09. The predicted octanol–water partition coefficient (Wildman–Crippen LogP) is 5.46. The zero-order valence-corrected chi connectivity index (χ0v) is 14.0. The zero-order valence-electron chi connectivity index (χ0n) is 14.0. The first kappa shape index (κ1) is 15.0. The summed E-state index contributed by atoms with van der Waals surface area (Å²) in [4.78, 5) is 2.50. The van der Waals surface area contributed by atoms with Crippen molar-refractivity contribution >= 4 is 22.0 Å². The first-order valence-electron chi connectivity index (χ1n) is 8.94. The molecule has 1 aliphatic heterocycles. The molecule has 0 amide bonds. The van der Waals surface area contributed by atoms with E-state index in [4.69, 9.17) is 0 Å². The van der Waals surface area contributed by atoms with E-state index in [1.54, 1.807) is 0 Å². The standard InChI is InChI=1S/C22H22N2/c23-16-20-6-2-3-7-22(20)19-9-8-18-15-21(11-10-17(18)14-19)24-12-4-1-5-13-24/h3,7-11,14-15H,1-2,4-6,12-13H2. The number of hydrogen-bond acceptors (Lipinski definition) is 2. The van der Waals surface area contributed by atoms with Gasteiger partial charge in [-0.05, 0) is 72.2 Å². The highest BCUT2D eigenvalue weighted by molar-refractivity contribution is 5.91. The van der Waals surface area contributed by atoms with Gasteiger partial charge in [0.25, 0.3) is 0 Å². The van der Waals surface area contributed by atoms with Crippen molar-refractivity contribution < 1.29 is 0 Å². The van der Waals surface area contributed by atoms with Crippen molar-refractivity contribution in [2.45, 2.75) is 32.1 Å². The quantitative estimate of drug-likeness (QED) is 0.736. The molecule has 4 rings (SSSR count). The van der Waals surface area contributed by atoms with Crippen LogP contribution in [0.25, 0.3) is 16.3 Å². The maximum absolute atomic E-state index is 9.37. The average Bonchev–Trinajstić information content (AvgIpc) is 2.68. The Bertz CT molecular complexity index is 861. The summed E-state index contributed by atoms with van der Waals surface area (Å²) in [5, 5.41) is 11.9. The number of hydrogen-bond donors (Lipinski definition) is 0. The minimum absolute atomic E-state index is 0.855. The summed E-state index contributed by atoms with van der Waals surface area (Å²) >= 11 is 0. The fourth-order valence-electron chi connectivity index (χ4n) is 3.80. The Hall–Kier alpha value is -2.53. The van der Waals surface area contributed by atoms with Crippen molar-refractivity contribution in [3.63, 3.8) is 0 Å². The van der Waals surface area contributed by atoms with Gasteiger partial charge in [0.1, 0.15) is 0 Å². The molecule has 2 aromatic carbocycles. The van der Waals surface area contributed by atoms with Crippen molar-refractivity contribution in [3.05, 3.63) is 59.7 Å². The molecule has 1 heterocycles. The van der Waals surface area contributed by atoms with Gasteiger partial charge in [0, 0.05) is 24.4 Å². The number of allylic oxidation sites excluding steroid dienone is 4. The smallest absolute Gasteiger partial charge is 0.0953 e. The fraction of sp³-hybridized carbons (Fsp3) is 0.318. The van der Waals surface area contributed by atoms with Crippen LogP contribution in [0.3, 0.4) is 0 Å². The first-order valence-corrected chi connectivity index (χ1v) is 8.94. The van der Waals surface area contributed by atoms with E-state index in [0.29, 0.717) is 0 Å². The molecule has 0 N–H and O–H groups in total. The molecule has 0 aromatic heterocycles. The number of rotatable bonds is 2. The van der Waals surface area contributed by atoms with Gasteiger partial charge in [0.15, 0.2) is 0 Å². The van der Waals surface area contributed by atoms with Crippen molar-refractivity contribution in [1.82, 2.24) is 0 Å². The molecule has 120 valence electrons. The van der Waals surface area contributed by atoms with Gasteiger partial charge in [-0.2, -0.15) is 5.26 Å². The van der Waals surface area contributed by atoms with Crippen LogP contribution in [0.4, 0.5) is 5.69 Å². The maximum atomic E-state index is 9.37. The molecule has 2 aliphatic rings. The molecule has 0 bridgehead atoms. The van der Waals surface area contributed by atoms with E-state index in [9.17, 15) is 5.26 Å². The van der Waals surface area contributed by atoms with Gasteiger partial charge in [-0.1, -0.05) is 30.4 Å². The van der Waals surface area contributed by atoms with Gasteiger partial charge in [-0.15, -0.1) is 0 Å². The lowest BCUT2D eigenvalue weighted by molar-refractivity contribution is 0.578. The van der Waals surface area contributed by atoms with Crippen LogP contribution in [-0.4, -0.2) is 13.1 Å². The molecule has 0 radical (unpaired) electrons. The molecule has 0 atom stereocenters. The van der Waals surface area contributed by atoms with Gasteiger partial charge in [0.2, 0.25) is 0 Å². The SMILES string of the molecule is N#CC1=C(c2ccc3cc(N4CCCCC4)ccc3c2)C=CCC1. The molecule has 1 saturated heterocycles. The summed E-state index contributed by atoms with van der Waals surface area (Å²) < 4.78 is 0. The summed E-state index contributed by atoms with van der Waals surface area (Å²) in [6.45, 7) is 2.35. The van der Waals surface area contributed by atoms with E-state index in [-0.39, 0.29) is 0 Å². The third-order valence-corrected chi connectivity index (χ3v) is 5.16. The highest BCUT2D eigenvalue weighted by Crippen LogP contribution is 2.31. The van der Waals surface area contributed by atoms with E-state index in [1.807, 2.05) is 0 Å². The van der Waals surface area contributed by atoms with Crippen molar-refractivity contribution in [2.24, 2.45) is 0 Å². The average molecular weight is 314 g/mol. The number of anilines is 1. The Morgan fingerprint density at radius 2 is 1.71 bits per heavy atom. The van der Waals surface area contributed by atoms with Gasteiger partial charge < -0.3 is 4.90 Å². The van der Waals surface area contributed by atoms with Crippen molar-refractivity contribution in [1.29, 1.82) is 5.26 Å². The summed E-state index contributed by atoms with van der Waals surface area (Å²) in [6.07, 6.45) is 10.1. The number of piperidine rings is 1. The molecule has 2 aromatic rings. The third-order valence-electron chi connectivity index (χ3n) is 5.16. The monoisotopic (exact) mass is 314 g/mol. The van der Waals surface area contributed by atoms with Crippen LogP contribution >= 0.6 is 0 Å². The van der Waals surface area contributed by atoms with Crippen LogP contribution in [0.2, 0.25) is 0 Å². The van der Waals surface area contributed by atoms with E-state index in [2.05, 4.69) is 59.5 Å². The van der Waals surface area contributed by atoms with Crippen LogP contribution in [0, 0.1) is 11.3 Å². The topological polar surface area (TPSA) is 27.0 Å². The molecule has 0 unspecified atom stereocenters. The second kappa shape index (κ2) is 6.53. The lowest BCUT2D eigenvalue weighted by Crippen LogP contribution is -2.29. The Balaban J connectivity index is 1.71. The van der Waals surface area contributed by atoms with E-state index >= 15 is 0 Å². The predicted molar refractivity (Wildman–Crippen MR) is 101 cm³/mol. The molecular formula is C22H22N2. The van der Waals surface area contributed by atoms with Crippen LogP contribution in [0.15, 0.2) is 54.1 Å². The van der Waals surface area contributed by atoms with Crippen LogP contribution in [0.5, 0.6) is 0 Å². The summed E-state index contributed by atoms with van der Waals surface area (Å²) in [6, 6.07) is 15.7. The van der Waals surface area contributed by atoms with Crippen LogP contribution in [0.1, 0.15) is 37.7 Å². The second-order valence-corrected chi connectivity index (χ2v) is 6.74. The fourth-order valence-corrected chi connectivity index (χ4v) is 3.80. The Labute approximate surface area is 143 Å². The molecule has 2 heteroatoms. The molecule has 2 nitrogen and oxygen atoms in total. The molecular weight excluding hydrogens is 292 g/mol. The van der Waals surface area contributed by atoms with E-state index in [0.717, 1.165) is 29.6 Å². The minimum atomic E-state index is 0.855. The molecule has 24 heavy (non-hydrogen) atoms. The normalized spacial score (nSPS) is 18.0. The zero-order chi connectivity index (χ0) is 16.4. The van der Waals surface area contributed by atoms with Gasteiger partial charge in [0.05, 0.1) is 6.07 Å². The summed E-state index contributed by atoms with van der Waals surface area (Å²) in [5.74, 6) is 0. The minimum Gasteiger partial charge on any atom is -0.372 e. The molecule has 0 spiro atoms. The summed E-state index contributed by atoms with van der Waals surface area (Å²) in [5.41, 5.74) is 4.48. The van der Waals surface area contributed by atoms with Gasteiger partial charge >= 0.3 is 0 Å².